The van der Waals surface area contributed by atoms with E-state index in [4.69, 9.17) is 23.2 Å². The summed E-state index contributed by atoms with van der Waals surface area (Å²) in [7, 11) is 0. The van der Waals surface area contributed by atoms with Gasteiger partial charge in [-0.05, 0) is 62.6 Å². The zero-order valence-corrected chi connectivity index (χ0v) is 17.9. The van der Waals surface area contributed by atoms with Crippen molar-refractivity contribution in [1.82, 2.24) is 19.7 Å². The van der Waals surface area contributed by atoms with Gasteiger partial charge in [-0.1, -0.05) is 35.3 Å². The van der Waals surface area contributed by atoms with E-state index in [1.165, 1.54) is 0 Å². The third-order valence-corrected chi connectivity index (χ3v) is 5.99. The van der Waals surface area contributed by atoms with Gasteiger partial charge in [0.15, 0.2) is 0 Å². The van der Waals surface area contributed by atoms with Gasteiger partial charge in [-0.25, -0.2) is 0 Å². The normalized spacial score (nSPS) is 16.8. The lowest BCUT2D eigenvalue weighted by atomic mass is 9.96. The topological polar surface area (TPSA) is 51.0 Å². The van der Waals surface area contributed by atoms with E-state index in [0.29, 0.717) is 28.7 Å². The Labute approximate surface area is 180 Å². The molecule has 1 aliphatic heterocycles. The monoisotopic (exact) mass is 428 g/mol. The Balaban J connectivity index is 1.65. The van der Waals surface area contributed by atoms with E-state index in [1.807, 2.05) is 49.1 Å². The van der Waals surface area contributed by atoms with Gasteiger partial charge in [0.2, 0.25) is 0 Å². The largest absolute Gasteiger partial charge is 0.338 e. The number of likely N-dealkylation sites (tertiary alicyclic amines) is 1. The second-order valence-electron chi connectivity index (χ2n) is 7.44. The van der Waals surface area contributed by atoms with Gasteiger partial charge >= 0.3 is 0 Å². The van der Waals surface area contributed by atoms with Gasteiger partial charge in [0.05, 0.1) is 16.3 Å². The van der Waals surface area contributed by atoms with E-state index in [2.05, 4.69) is 14.8 Å². The number of carbonyl (C=O) groups is 1. The maximum atomic E-state index is 13.0. The molecule has 1 aromatic heterocycles. The minimum Gasteiger partial charge on any atom is -0.338 e. The molecule has 1 atom stereocenters. The van der Waals surface area contributed by atoms with Crippen molar-refractivity contribution in [3.05, 3.63) is 75.3 Å². The summed E-state index contributed by atoms with van der Waals surface area (Å²) in [4.78, 5) is 14.9. The molecule has 2 heterocycles. The van der Waals surface area contributed by atoms with E-state index in [9.17, 15) is 4.79 Å². The lowest BCUT2D eigenvalue weighted by molar-refractivity contribution is 0.0704. The zero-order valence-electron chi connectivity index (χ0n) is 16.4. The quantitative estimate of drug-likeness (QED) is 0.574. The summed E-state index contributed by atoms with van der Waals surface area (Å²) >= 11 is 12.4. The van der Waals surface area contributed by atoms with Gasteiger partial charge in [-0.3, -0.25) is 9.36 Å². The molecule has 4 rings (SSSR count). The molecule has 0 bridgehead atoms. The number of hydrogen-bond donors (Lipinski definition) is 0. The van der Waals surface area contributed by atoms with Crippen molar-refractivity contribution in [2.45, 2.75) is 32.6 Å². The number of piperidine rings is 1. The summed E-state index contributed by atoms with van der Waals surface area (Å²) in [5, 5.41) is 9.99. The first-order valence-electron chi connectivity index (χ1n) is 9.68. The van der Waals surface area contributed by atoms with Crippen LogP contribution in [0.2, 0.25) is 10.0 Å². The van der Waals surface area contributed by atoms with Gasteiger partial charge in [0, 0.05) is 24.0 Å². The van der Waals surface area contributed by atoms with E-state index >= 15 is 0 Å². The highest BCUT2D eigenvalue weighted by Crippen LogP contribution is 2.31. The molecule has 5 nitrogen and oxygen atoms in total. The standard InChI is InChI=1S/C22H22Cl2N4O/c1-14-12-17(23)9-10-20(14)28-15(2)25-26-21(28)16-6-5-11-27(13-16)22(29)18-7-3-4-8-19(18)24/h3-4,7-10,12,16H,5-6,11,13H2,1-2H3. The van der Waals surface area contributed by atoms with Crippen LogP contribution in [0.15, 0.2) is 42.5 Å². The van der Waals surface area contributed by atoms with Crippen molar-refractivity contribution in [2.24, 2.45) is 0 Å². The highest BCUT2D eigenvalue weighted by molar-refractivity contribution is 6.33. The van der Waals surface area contributed by atoms with Gasteiger partial charge in [0.1, 0.15) is 11.6 Å². The van der Waals surface area contributed by atoms with E-state index in [0.717, 1.165) is 35.7 Å². The van der Waals surface area contributed by atoms with E-state index in [1.54, 1.807) is 12.1 Å². The highest BCUT2D eigenvalue weighted by atomic mass is 35.5. The van der Waals surface area contributed by atoms with Crippen LogP contribution in [0, 0.1) is 13.8 Å². The lowest BCUT2D eigenvalue weighted by Crippen LogP contribution is -2.39. The summed E-state index contributed by atoms with van der Waals surface area (Å²) in [6.07, 6.45) is 1.86. The van der Waals surface area contributed by atoms with Crippen LogP contribution in [0.1, 0.15) is 46.3 Å². The van der Waals surface area contributed by atoms with Crippen molar-refractivity contribution in [2.75, 3.05) is 13.1 Å². The fourth-order valence-electron chi connectivity index (χ4n) is 3.99. The van der Waals surface area contributed by atoms with Gasteiger partial charge < -0.3 is 4.90 Å². The van der Waals surface area contributed by atoms with Crippen LogP contribution in [0.4, 0.5) is 0 Å². The molecule has 1 aliphatic rings. The summed E-state index contributed by atoms with van der Waals surface area (Å²) in [5.74, 6) is 1.77. The second-order valence-corrected chi connectivity index (χ2v) is 8.29. The van der Waals surface area contributed by atoms with Crippen LogP contribution in [0.3, 0.4) is 0 Å². The van der Waals surface area contributed by atoms with Crippen LogP contribution >= 0.6 is 23.2 Å². The smallest absolute Gasteiger partial charge is 0.255 e. The fraction of sp³-hybridized carbons (Fsp3) is 0.318. The molecule has 150 valence electrons. The zero-order chi connectivity index (χ0) is 20.5. The minimum absolute atomic E-state index is 0.0363. The van der Waals surface area contributed by atoms with Crippen LogP contribution < -0.4 is 0 Å². The molecule has 1 unspecified atom stereocenters. The van der Waals surface area contributed by atoms with Gasteiger partial charge in [0.25, 0.3) is 5.91 Å². The molecule has 0 aliphatic carbocycles. The van der Waals surface area contributed by atoms with Gasteiger partial charge in [-0.15, -0.1) is 10.2 Å². The number of aryl methyl sites for hydroxylation is 2. The summed E-state index contributed by atoms with van der Waals surface area (Å²) in [5.41, 5.74) is 2.61. The molecule has 3 aromatic rings. The molecular weight excluding hydrogens is 407 g/mol. The molecule has 1 saturated heterocycles. The predicted octanol–water partition coefficient (Wildman–Crippen LogP) is 5.21. The Kier molecular flexibility index (Phi) is 5.61. The summed E-state index contributed by atoms with van der Waals surface area (Å²) in [6, 6.07) is 13.0. The lowest BCUT2D eigenvalue weighted by Gasteiger charge is -2.33. The van der Waals surface area contributed by atoms with Crippen molar-refractivity contribution in [1.29, 1.82) is 0 Å². The van der Waals surface area contributed by atoms with Crippen LogP contribution in [-0.4, -0.2) is 38.7 Å². The summed E-state index contributed by atoms with van der Waals surface area (Å²) < 4.78 is 2.08. The number of carbonyl (C=O) groups excluding carboxylic acids is 1. The molecule has 0 N–H and O–H groups in total. The van der Waals surface area contributed by atoms with Crippen LogP contribution in [0.5, 0.6) is 0 Å². The maximum absolute atomic E-state index is 13.0. The van der Waals surface area contributed by atoms with Crippen LogP contribution in [0.25, 0.3) is 5.69 Å². The van der Waals surface area contributed by atoms with Crippen molar-refractivity contribution in [3.63, 3.8) is 0 Å². The second kappa shape index (κ2) is 8.17. The predicted molar refractivity (Wildman–Crippen MR) is 115 cm³/mol. The van der Waals surface area contributed by atoms with E-state index in [-0.39, 0.29) is 11.8 Å². The van der Waals surface area contributed by atoms with Crippen molar-refractivity contribution in [3.8, 4) is 5.69 Å². The minimum atomic E-state index is -0.0363. The molecular formula is C22H22Cl2N4O. The number of hydrogen-bond acceptors (Lipinski definition) is 3. The number of halogens is 2. The Bertz CT molecular complexity index is 1060. The number of benzene rings is 2. The number of amides is 1. The molecule has 0 saturated carbocycles. The van der Waals surface area contributed by atoms with Crippen LogP contribution in [-0.2, 0) is 0 Å². The first kappa shape index (κ1) is 19.9. The highest BCUT2D eigenvalue weighted by Gasteiger charge is 2.30. The molecule has 1 amide bonds. The Morgan fingerprint density at radius 1 is 1.10 bits per heavy atom. The molecule has 7 heteroatoms. The van der Waals surface area contributed by atoms with Gasteiger partial charge in [-0.2, -0.15) is 0 Å². The Morgan fingerprint density at radius 2 is 1.90 bits per heavy atom. The number of rotatable bonds is 3. The SMILES string of the molecule is Cc1cc(Cl)ccc1-n1c(C)nnc1C1CCCN(C(=O)c2ccccc2Cl)C1. The first-order chi connectivity index (χ1) is 14.0. The van der Waals surface area contributed by atoms with Crippen molar-refractivity contribution < 1.29 is 4.79 Å². The molecule has 2 aromatic carbocycles. The number of nitrogens with zero attached hydrogens (tertiary/aromatic N) is 4. The third-order valence-electron chi connectivity index (χ3n) is 5.43. The Hall–Kier alpha value is -2.37. The maximum Gasteiger partial charge on any atom is 0.255 e. The number of aromatic nitrogens is 3. The third kappa shape index (κ3) is 3.89. The average Bonchev–Trinajstić information content (AvgIpc) is 3.09. The van der Waals surface area contributed by atoms with Crippen molar-refractivity contribution >= 4 is 29.1 Å². The van der Waals surface area contributed by atoms with E-state index < -0.39 is 0 Å². The molecule has 1 fully saturated rings. The molecule has 0 radical (unpaired) electrons. The molecule has 29 heavy (non-hydrogen) atoms. The first-order valence-corrected chi connectivity index (χ1v) is 10.4. The molecule has 0 spiro atoms. The fourth-order valence-corrected chi connectivity index (χ4v) is 4.43. The average molecular weight is 429 g/mol. The summed E-state index contributed by atoms with van der Waals surface area (Å²) in [6.45, 7) is 5.28. The Morgan fingerprint density at radius 3 is 2.66 bits per heavy atom.